The molecule has 0 spiro atoms. The molecule has 112 valence electrons. The topological polar surface area (TPSA) is 73.4 Å². The fourth-order valence-corrected chi connectivity index (χ4v) is 2.63. The number of hydrogen-bond acceptors (Lipinski definition) is 5. The van der Waals surface area contributed by atoms with E-state index in [-0.39, 0.29) is 11.9 Å². The van der Waals surface area contributed by atoms with Crippen molar-refractivity contribution in [3.8, 4) is 0 Å². The summed E-state index contributed by atoms with van der Waals surface area (Å²) in [5, 5.41) is 0. The highest BCUT2D eigenvalue weighted by Gasteiger charge is 2.33. The lowest BCUT2D eigenvalue weighted by Crippen LogP contribution is -2.47. The van der Waals surface area contributed by atoms with Crippen LogP contribution in [0.4, 0.5) is 0 Å². The summed E-state index contributed by atoms with van der Waals surface area (Å²) in [6, 6.07) is -0.0166. The lowest BCUT2D eigenvalue weighted by atomic mass is 10.0. The van der Waals surface area contributed by atoms with E-state index >= 15 is 0 Å². The Morgan fingerprint density at radius 1 is 1.52 bits per heavy atom. The Hall–Kier alpha value is -2.15. The van der Waals surface area contributed by atoms with Gasteiger partial charge in [0, 0.05) is 25.8 Å². The summed E-state index contributed by atoms with van der Waals surface area (Å²) in [6.45, 7) is 3.55. The number of aromatic nitrogens is 3. The fourth-order valence-electron chi connectivity index (χ4n) is 2.63. The highest BCUT2D eigenvalue weighted by atomic mass is 16.5. The third kappa shape index (κ3) is 2.56. The Morgan fingerprint density at radius 3 is 3.10 bits per heavy atom. The number of ether oxygens (including phenoxy) is 1. The molecule has 0 saturated carbocycles. The van der Waals surface area contributed by atoms with Gasteiger partial charge in [0.15, 0.2) is 12.1 Å². The number of carbonyl (C=O) groups is 1. The molecule has 7 nitrogen and oxygen atoms in total. The van der Waals surface area contributed by atoms with Gasteiger partial charge < -0.3 is 18.6 Å². The van der Waals surface area contributed by atoms with E-state index in [1.807, 2.05) is 18.5 Å². The third-order valence-corrected chi connectivity index (χ3v) is 3.76. The first-order valence-electron chi connectivity index (χ1n) is 6.96. The number of carbonyl (C=O) groups excluding carboxylic acids is 1. The first kappa shape index (κ1) is 13.8. The molecule has 0 unspecified atom stereocenters. The van der Waals surface area contributed by atoms with Crippen LogP contribution in [0, 0.1) is 0 Å². The summed E-state index contributed by atoms with van der Waals surface area (Å²) in [7, 11) is 1.97. The lowest BCUT2D eigenvalue weighted by Gasteiger charge is -2.34. The maximum absolute atomic E-state index is 12.6. The van der Waals surface area contributed by atoms with Gasteiger partial charge in [0.05, 0.1) is 31.2 Å². The number of oxazole rings is 1. The van der Waals surface area contributed by atoms with E-state index in [0.717, 1.165) is 17.8 Å². The Morgan fingerprint density at radius 2 is 2.38 bits per heavy atom. The second kappa shape index (κ2) is 5.69. The molecule has 3 rings (SSSR count). The monoisotopic (exact) mass is 290 g/mol. The molecule has 0 radical (unpaired) electrons. The van der Waals surface area contributed by atoms with E-state index in [9.17, 15) is 4.79 Å². The van der Waals surface area contributed by atoms with Crippen LogP contribution in [0.25, 0.3) is 0 Å². The number of rotatable bonds is 4. The summed E-state index contributed by atoms with van der Waals surface area (Å²) < 4.78 is 12.4. The van der Waals surface area contributed by atoms with Gasteiger partial charge in [0.2, 0.25) is 0 Å². The second-order valence-corrected chi connectivity index (χ2v) is 5.07. The summed E-state index contributed by atoms with van der Waals surface area (Å²) in [6.07, 6.45) is 5.15. The van der Waals surface area contributed by atoms with Crippen molar-refractivity contribution in [2.45, 2.75) is 25.9 Å². The van der Waals surface area contributed by atoms with Crippen LogP contribution in [0.2, 0.25) is 0 Å². The van der Waals surface area contributed by atoms with E-state index in [0.29, 0.717) is 25.5 Å². The molecule has 3 heterocycles. The molecule has 1 atom stereocenters. The molecular formula is C14H18N4O3. The van der Waals surface area contributed by atoms with Crippen molar-refractivity contribution in [3.05, 3.63) is 36.1 Å². The van der Waals surface area contributed by atoms with Crippen LogP contribution in [-0.4, -0.2) is 44.6 Å². The van der Waals surface area contributed by atoms with Crippen molar-refractivity contribution in [1.82, 2.24) is 19.4 Å². The summed E-state index contributed by atoms with van der Waals surface area (Å²) in [5.74, 6) is -0.148. The van der Waals surface area contributed by atoms with Crippen LogP contribution < -0.4 is 0 Å². The first-order chi connectivity index (χ1) is 10.2. The molecule has 2 aromatic rings. The zero-order valence-electron chi connectivity index (χ0n) is 12.2. The number of aryl methyl sites for hydroxylation is 1. The molecule has 0 fully saturated rings. The van der Waals surface area contributed by atoms with Crippen LogP contribution in [0.1, 0.15) is 28.8 Å². The molecule has 1 aliphatic rings. The van der Waals surface area contributed by atoms with Gasteiger partial charge in [-0.1, -0.05) is 0 Å². The van der Waals surface area contributed by atoms with Gasteiger partial charge in [0.1, 0.15) is 6.26 Å². The molecule has 0 bridgehead atoms. The van der Waals surface area contributed by atoms with Crippen molar-refractivity contribution < 1.29 is 13.9 Å². The van der Waals surface area contributed by atoms with Crippen LogP contribution in [0.3, 0.4) is 0 Å². The van der Waals surface area contributed by atoms with Crippen LogP contribution >= 0.6 is 0 Å². The maximum atomic E-state index is 12.6. The van der Waals surface area contributed by atoms with E-state index in [2.05, 4.69) is 9.97 Å². The van der Waals surface area contributed by atoms with Crippen molar-refractivity contribution in [2.24, 2.45) is 7.05 Å². The minimum Gasteiger partial charge on any atom is -0.451 e. The number of hydrogen-bond donors (Lipinski definition) is 0. The summed E-state index contributed by atoms with van der Waals surface area (Å²) in [4.78, 5) is 22.6. The van der Waals surface area contributed by atoms with E-state index < -0.39 is 0 Å². The summed E-state index contributed by atoms with van der Waals surface area (Å²) >= 11 is 0. The highest BCUT2D eigenvalue weighted by Crippen LogP contribution is 2.24. The van der Waals surface area contributed by atoms with Gasteiger partial charge in [-0.05, 0) is 6.92 Å². The Kier molecular flexibility index (Phi) is 3.74. The summed E-state index contributed by atoms with van der Waals surface area (Å²) in [5.41, 5.74) is 2.40. The fraction of sp³-hybridized carbons (Fsp3) is 0.500. The molecule has 7 heteroatoms. The SMILES string of the molecule is CCOC[C@@H]1Cc2c(ncn2C)CN1C(=O)c1cocn1. The number of fused-ring (bicyclic) bond motifs is 1. The van der Waals surface area contributed by atoms with Gasteiger partial charge in [-0.15, -0.1) is 0 Å². The van der Waals surface area contributed by atoms with E-state index in [1.165, 1.54) is 12.7 Å². The normalized spacial score (nSPS) is 17.8. The Bertz CT molecular complexity index is 620. The van der Waals surface area contributed by atoms with Crippen LogP contribution in [0.15, 0.2) is 23.4 Å². The lowest BCUT2D eigenvalue weighted by molar-refractivity contribution is 0.0382. The van der Waals surface area contributed by atoms with Gasteiger partial charge >= 0.3 is 0 Å². The quantitative estimate of drug-likeness (QED) is 0.840. The number of imidazole rings is 1. The average molecular weight is 290 g/mol. The van der Waals surface area contributed by atoms with Gasteiger partial charge in [-0.25, -0.2) is 9.97 Å². The molecule has 0 aliphatic carbocycles. The van der Waals surface area contributed by atoms with Gasteiger partial charge in [-0.2, -0.15) is 0 Å². The average Bonchev–Trinajstić information content (AvgIpc) is 3.14. The van der Waals surface area contributed by atoms with E-state index in [1.54, 1.807) is 11.2 Å². The molecule has 0 N–H and O–H groups in total. The Balaban J connectivity index is 1.87. The zero-order chi connectivity index (χ0) is 14.8. The molecule has 21 heavy (non-hydrogen) atoms. The highest BCUT2D eigenvalue weighted by molar-refractivity contribution is 5.92. The Labute approximate surface area is 122 Å². The van der Waals surface area contributed by atoms with Crippen molar-refractivity contribution in [3.63, 3.8) is 0 Å². The van der Waals surface area contributed by atoms with Crippen molar-refractivity contribution in [2.75, 3.05) is 13.2 Å². The molecule has 1 amide bonds. The number of nitrogens with zero attached hydrogens (tertiary/aromatic N) is 4. The van der Waals surface area contributed by atoms with Gasteiger partial charge in [-0.3, -0.25) is 4.79 Å². The van der Waals surface area contributed by atoms with Crippen molar-refractivity contribution >= 4 is 5.91 Å². The standard InChI is InChI=1S/C14H18N4O3/c1-3-20-6-10-4-13-11(15-8-17(13)2)5-18(10)14(19)12-7-21-9-16-12/h7-10H,3-6H2,1-2H3/t10-/m0/s1. The van der Waals surface area contributed by atoms with Crippen LogP contribution in [-0.2, 0) is 24.8 Å². The molecule has 0 aromatic carbocycles. The second-order valence-electron chi connectivity index (χ2n) is 5.07. The minimum absolute atomic E-state index is 0.0166. The first-order valence-corrected chi connectivity index (χ1v) is 6.96. The van der Waals surface area contributed by atoms with Gasteiger partial charge in [0.25, 0.3) is 5.91 Å². The van der Waals surface area contributed by atoms with Crippen molar-refractivity contribution in [1.29, 1.82) is 0 Å². The predicted molar refractivity (Wildman–Crippen MR) is 73.6 cm³/mol. The molecule has 2 aromatic heterocycles. The largest absolute Gasteiger partial charge is 0.451 e. The zero-order valence-corrected chi connectivity index (χ0v) is 12.2. The third-order valence-electron chi connectivity index (χ3n) is 3.76. The molecule has 0 saturated heterocycles. The smallest absolute Gasteiger partial charge is 0.276 e. The minimum atomic E-state index is -0.148. The maximum Gasteiger partial charge on any atom is 0.276 e. The van der Waals surface area contributed by atoms with Crippen LogP contribution in [0.5, 0.6) is 0 Å². The molecular weight excluding hydrogens is 272 g/mol. The molecule has 1 aliphatic heterocycles. The predicted octanol–water partition coefficient (Wildman–Crippen LogP) is 1.01. The number of amides is 1. The van der Waals surface area contributed by atoms with E-state index in [4.69, 9.17) is 9.15 Å².